The molecule has 2 aromatic carbocycles. The number of rotatable bonds is 5. The first-order chi connectivity index (χ1) is 16.0. The summed E-state index contributed by atoms with van der Waals surface area (Å²) in [5, 5.41) is 23.3. The number of aromatic hydroxyl groups is 2. The number of benzene rings is 2. The van der Waals surface area contributed by atoms with E-state index in [4.69, 9.17) is 0 Å². The van der Waals surface area contributed by atoms with Gasteiger partial charge in [-0.15, -0.1) is 11.8 Å². The van der Waals surface area contributed by atoms with Gasteiger partial charge in [0.25, 0.3) is 5.91 Å². The van der Waals surface area contributed by atoms with Crippen molar-refractivity contribution >= 4 is 17.7 Å². The number of carbonyl (C=O) groups is 1. The number of hydrogen-bond donors (Lipinski definition) is 3. The van der Waals surface area contributed by atoms with Crippen LogP contribution in [0, 0.1) is 35.5 Å². The van der Waals surface area contributed by atoms with E-state index in [2.05, 4.69) is 33.0 Å². The highest BCUT2D eigenvalue weighted by Gasteiger charge is 2.56. The third kappa shape index (κ3) is 4.95. The molecular weight excluding hydrogens is 442 g/mol. The van der Waals surface area contributed by atoms with E-state index in [9.17, 15) is 15.0 Å². The van der Waals surface area contributed by atoms with E-state index in [1.165, 1.54) is 25.3 Å². The SMILES string of the molecule is Cc1cccc(C(=O)N[C@@H]2C[C@H]3C(C)(C)CCC[C@]3(C)[C@@H](CSc3cc(O)cc(O)c3)[C@@H]2C)c1. The minimum absolute atomic E-state index is 0.0158. The summed E-state index contributed by atoms with van der Waals surface area (Å²) in [7, 11) is 0. The highest BCUT2D eigenvalue weighted by molar-refractivity contribution is 7.99. The fourth-order valence-electron chi connectivity index (χ4n) is 6.96. The van der Waals surface area contributed by atoms with Crippen LogP contribution in [0.4, 0.5) is 0 Å². The van der Waals surface area contributed by atoms with Crippen molar-refractivity contribution in [2.24, 2.45) is 28.6 Å². The molecule has 34 heavy (non-hydrogen) atoms. The van der Waals surface area contributed by atoms with Crippen molar-refractivity contribution in [2.75, 3.05) is 5.75 Å². The number of amides is 1. The van der Waals surface area contributed by atoms with Crippen LogP contribution in [0.15, 0.2) is 47.4 Å². The van der Waals surface area contributed by atoms with Gasteiger partial charge in [0, 0.05) is 28.3 Å². The second kappa shape index (κ2) is 9.49. The molecule has 3 N–H and O–H groups in total. The van der Waals surface area contributed by atoms with Crippen molar-refractivity contribution in [1.82, 2.24) is 5.32 Å². The van der Waals surface area contributed by atoms with Crippen LogP contribution < -0.4 is 5.32 Å². The van der Waals surface area contributed by atoms with E-state index in [0.29, 0.717) is 17.8 Å². The van der Waals surface area contributed by atoms with Gasteiger partial charge < -0.3 is 15.5 Å². The molecule has 2 fully saturated rings. The quantitative estimate of drug-likeness (QED) is 0.412. The number of nitrogens with one attached hydrogen (secondary N) is 1. The summed E-state index contributed by atoms with van der Waals surface area (Å²) in [4.78, 5) is 14.1. The zero-order chi connectivity index (χ0) is 24.7. The average Bonchev–Trinajstić information content (AvgIpc) is 2.74. The number of fused-ring (bicyclic) bond motifs is 1. The van der Waals surface area contributed by atoms with Crippen LogP contribution in [0.3, 0.4) is 0 Å². The highest BCUT2D eigenvalue weighted by Crippen LogP contribution is 2.61. The topological polar surface area (TPSA) is 69.6 Å². The van der Waals surface area contributed by atoms with E-state index in [0.717, 1.165) is 28.2 Å². The Morgan fingerprint density at radius 3 is 2.47 bits per heavy atom. The minimum atomic E-state index is 0.0158. The Morgan fingerprint density at radius 2 is 1.79 bits per heavy atom. The molecule has 2 aromatic rings. The number of phenols is 2. The maximum atomic E-state index is 13.2. The average molecular weight is 482 g/mol. The molecule has 0 radical (unpaired) electrons. The highest BCUT2D eigenvalue weighted by atomic mass is 32.2. The van der Waals surface area contributed by atoms with Crippen LogP contribution in [-0.2, 0) is 0 Å². The van der Waals surface area contributed by atoms with Crippen LogP contribution in [0.2, 0.25) is 0 Å². The normalized spacial score (nSPS) is 30.4. The smallest absolute Gasteiger partial charge is 0.251 e. The Hall–Kier alpha value is -2.14. The summed E-state index contributed by atoms with van der Waals surface area (Å²) < 4.78 is 0. The lowest BCUT2D eigenvalue weighted by molar-refractivity contribution is -0.0960. The van der Waals surface area contributed by atoms with Gasteiger partial charge in [0.15, 0.2) is 0 Å². The predicted molar refractivity (Wildman–Crippen MR) is 139 cm³/mol. The third-order valence-electron chi connectivity index (χ3n) is 8.78. The standard InChI is InChI=1S/C29H39NO3S/c1-18-8-6-9-20(12-18)27(33)30-25-16-26-28(3,4)10-7-11-29(26,5)24(19(25)2)17-34-23-14-21(31)13-22(32)15-23/h6,8-9,12-15,19,24-26,31-32H,7,10-11,16-17H2,1-5H3,(H,30,33)/t19-,24-,25+,26-,29+/m0/s1. The van der Waals surface area contributed by atoms with Crippen LogP contribution in [0.5, 0.6) is 11.5 Å². The fourth-order valence-corrected chi connectivity index (χ4v) is 8.42. The molecule has 2 aliphatic rings. The maximum Gasteiger partial charge on any atom is 0.251 e. The number of hydrogen-bond acceptors (Lipinski definition) is 4. The first-order valence-electron chi connectivity index (χ1n) is 12.5. The van der Waals surface area contributed by atoms with E-state index in [1.54, 1.807) is 23.9 Å². The van der Waals surface area contributed by atoms with Gasteiger partial charge in [-0.1, -0.05) is 51.8 Å². The molecule has 4 nitrogen and oxygen atoms in total. The van der Waals surface area contributed by atoms with Crippen molar-refractivity contribution in [3.8, 4) is 11.5 Å². The summed E-state index contributed by atoms with van der Waals surface area (Å²) in [6, 6.07) is 12.7. The molecule has 0 aliphatic heterocycles. The summed E-state index contributed by atoms with van der Waals surface area (Å²) in [5.41, 5.74) is 2.24. The minimum Gasteiger partial charge on any atom is -0.508 e. The summed E-state index contributed by atoms with van der Waals surface area (Å²) in [6.07, 6.45) is 4.68. The van der Waals surface area contributed by atoms with Gasteiger partial charge in [0.1, 0.15) is 11.5 Å². The Balaban J connectivity index is 1.61. The monoisotopic (exact) mass is 481 g/mol. The van der Waals surface area contributed by atoms with E-state index in [1.807, 2.05) is 31.2 Å². The predicted octanol–water partition coefficient (Wildman–Crippen LogP) is 6.79. The molecule has 0 heterocycles. The molecule has 0 spiro atoms. The molecule has 184 valence electrons. The molecule has 0 bridgehead atoms. The Morgan fingerprint density at radius 1 is 1.09 bits per heavy atom. The van der Waals surface area contributed by atoms with Crippen LogP contribution in [0.1, 0.15) is 69.3 Å². The second-order valence-electron chi connectivity index (χ2n) is 11.5. The number of thioether (sulfide) groups is 1. The molecule has 1 amide bonds. The maximum absolute atomic E-state index is 13.2. The van der Waals surface area contributed by atoms with Crippen LogP contribution in [-0.4, -0.2) is 27.9 Å². The van der Waals surface area contributed by atoms with Crippen molar-refractivity contribution < 1.29 is 15.0 Å². The molecular formula is C29H39NO3S. The molecule has 0 aromatic heterocycles. The first-order valence-corrected chi connectivity index (χ1v) is 13.5. The van der Waals surface area contributed by atoms with Crippen molar-refractivity contribution in [1.29, 1.82) is 0 Å². The first kappa shape index (κ1) is 25.0. The zero-order valence-electron chi connectivity index (χ0n) is 21.1. The lowest BCUT2D eigenvalue weighted by Gasteiger charge is -2.61. The Bertz CT molecular complexity index is 1030. The third-order valence-corrected chi connectivity index (χ3v) is 9.88. The second-order valence-corrected chi connectivity index (χ2v) is 12.6. The fraction of sp³-hybridized carbons (Fsp3) is 0.552. The van der Waals surface area contributed by atoms with Crippen molar-refractivity contribution in [3.05, 3.63) is 53.6 Å². The van der Waals surface area contributed by atoms with Crippen molar-refractivity contribution in [2.45, 2.75) is 71.2 Å². The number of aryl methyl sites for hydroxylation is 1. The van der Waals surface area contributed by atoms with Gasteiger partial charge in [0.2, 0.25) is 0 Å². The van der Waals surface area contributed by atoms with Gasteiger partial charge in [0.05, 0.1) is 0 Å². The van der Waals surface area contributed by atoms with Gasteiger partial charge in [-0.3, -0.25) is 4.79 Å². The molecule has 4 rings (SSSR count). The lowest BCUT2D eigenvalue weighted by Crippen LogP contribution is -2.59. The van der Waals surface area contributed by atoms with Gasteiger partial charge in [-0.25, -0.2) is 0 Å². The van der Waals surface area contributed by atoms with Gasteiger partial charge in [-0.2, -0.15) is 0 Å². The molecule has 2 aliphatic carbocycles. The number of carbonyl (C=O) groups excluding carboxylic acids is 1. The Labute approximate surface area is 208 Å². The zero-order valence-corrected chi connectivity index (χ0v) is 21.9. The van der Waals surface area contributed by atoms with Gasteiger partial charge >= 0.3 is 0 Å². The molecule has 5 atom stereocenters. The van der Waals surface area contributed by atoms with Crippen LogP contribution in [0.25, 0.3) is 0 Å². The summed E-state index contributed by atoms with van der Waals surface area (Å²) >= 11 is 1.70. The van der Waals surface area contributed by atoms with E-state index < -0.39 is 0 Å². The summed E-state index contributed by atoms with van der Waals surface area (Å²) in [6.45, 7) is 11.6. The van der Waals surface area contributed by atoms with Crippen molar-refractivity contribution in [3.63, 3.8) is 0 Å². The largest absolute Gasteiger partial charge is 0.508 e. The van der Waals surface area contributed by atoms with Crippen LogP contribution >= 0.6 is 11.8 Å². The lowest BCUT2D eigenvalue weighted by atomic mass is 9.46. The molecule has 0 saturated heterocycles. The summed E-state index contributed by atoms with van der Waals surface area (Å²) in [5.74, 6) is 2.34. The van der Waals surface area contributed by atoms with Gasteiger partial charge in [-0.05, 0) is 79.0 Å². The van der Waals surface area contributed by atoms with E-state index in [-0.39, 0.29) is 34.3 Å². The molecule has 5 heteroatoms. The molecule has 0 unspecified atom stereocenters. The van der Waals surface area contributed by atoms with E-state index >= 15 is 0 Å². The number of phenolic OH excluding ortho intramolecular Hbond substituents is 2. The molecule has 2 saturated carbocycles. The Kier molecular flexibility index (Phi) is 6.97.